The van der Waals surface area contributed by atoms with Crippen molar-refractivity contribution >= 4 is 5.97 Å². The van der Waals surface area contributed by atoms with Crippen LogP contribution in [0, 0.1) is 23.7 Å². The Labute approximate surface area is 164 Å². The lowest BCUT2D eigenvalue weighted by Crippen LogP contribution is -2.70. The first kappa shape index (κ1) is 18.5. The molecule has 28 heavy (non-hydrogen) atoms. The lowest BCUT2D eigenvalue weighted by atomic mass is 9.58. The van der Waals surface area contributed by atoms with Gasteiger partial charge < -0.3 is 14.2 Å². The summed E-state index contributed by atoms with van der Waals surface area (Å²) in [6.07, 6.45) is 5.60. The van der Waals surface area contributed by atoms with Gasteiger partial charge in [-0.25, -0.2) is 14.6 Å². The standard InChI is InChI=1S/C21H27NO6/c1-12-6-7-16-13(2)18(24-17(23)14-5-4-10-22-11-14)25-19-21(16)15(12)8-9-20(3,26-19)27-28-21/h4-5,10-13,15-16,18-19H,6-9H2,1-3H3/t12-,13-,15?,16-,18?,19-,20?,21-/m1/s1. The fraction of sp³-hybridized carbons (Fsp3) is 0.714. The summed E-state index contributed by atoms with van der Waals surface area (Å²) in [4.78, 5) is 28.5. The highest BCUT2D eigenvalue weighted by Crippen LogP contribution is 2.60. The van der Waals surface area contributed by atoms with E-state index >= 15 is 0 Å². The first-order chi connectivity index (χ1) is 13.4. The zero-order valence-electron chi connectivity index (χ0n) is 16.5. The zero-order valence-corrected chi connectivity index (χ0v) is 16.5. The van der Waals surface area contributed by atoms with Crippen LogP contribution in [0.2, 0.25) is 0 Å². The second-order valence-corrected chi connectivity index (χ2v) is 8.92. The van der Waals surface area contributed by atoms with Gasteiger partial charge >= 0.3 is 5.97 Å². The molecule has 0 aromatic carbocycles. The van der Waals surface area contributed by atoms with Gasteiger partial charge in [0, 0.05) is 30.7 Å². The Morgan fingerprint density at radius 2 is 2.07 bits per heavy atom. The van der Waals surface area contributed by atoms with Crippen LogP contribution in [-0.2, 0) is 24.0 Å². The number of esters is 1. The number of nitrogens with zero attached hydrogens (tertiary/aromatic N) is 1. The largest absolute Gasteiger partial charge is 0.432 e. The van der Waals surface area contributed by atoms with Crippen molar-refractivity contribution in [3.8, 4) is 0 Å². The van der Waals surface area contributed by atoms with Crippen LogP contribution in [0.4, 0.5) is 0 Å². The highest BCUT2D eigenvalue weighted by atomic mass is 17.3. The maximum absolute atomic E-state index is 12.6. The van der Waals surface area contributed by atoms with Gasteiger partial charge in [0.05, 0.1) is 5.56 Å². The number of hydrogen-bond donors (Lipinski definition) is 0. The van der Waals surface area contributed by atoms with E-state index in [1.807, 2.05) is 6.92 Å². The molecule has 2 bridgehead atoms. The van der Waals surface area contributed by atoms with Gasteiger partial charge in [0.15, 0.2) is 11.9 Å². The summed E-state index contributed by atoms with van der Waals surface area (Å²) in [5, 5.41) is 0. The summed E-state index contributed by atoms with van der Waals surface area (Å²) in [7, 11) is 0. The minimum atomic E-state index is -0.837. The quantitative estimate of drug-likeness (QED) is 0.566. The summed E-state index contributed by atoms with van der Waals surface area (Å²) in [6.45, 7) is 6.22. The normalized spacial score (nSPS) is 47.1. The van der Waals surface area contributed by atoms with E-state index in [1.165, 1.54) is 6.20 Å². The predicted molar refractivity (Wildman–Crippen MR) is 96.5 cm³/mol. The molecule has 4 saturated heterocycles. The van der Waals surface area contributed by atoms with Crippen LogP contribution in [0.15, 0.2) is 24.5 Å². The molecule has 5 fully saturated rings. The molecule has 6 rings (SSSR count). The summed E-state index contributed by atoms with van der Waals surface area (Å²) in [6, 6.07) is 3.40. The molecule has 0 amide bonds. The minimum Gasteiger partial charge on any atom is -0.432 e. The SMILES string of the molecule is C[C@@H]1CC[C@@H]2[C@@H](C)C(OC(=O)c3cccnc3)O[C@@H]3OC4(C)CCC1[C@]32OO4. The van der Waals surface area contributed by atoms with Crippen molar-refractivity contribution in [1.29, 1.82) is 0 Å². The Hall–Kier alpha value is -1.54. The third kappa shape index (κ3) is 2.64. The van der Waals surface area contributed by atoms with Gasteiger partial charge in [-0.3, -0.25) is 4.98 Å². The van der Waals surface area contributed by atoms with Gasteiger partial charge in [-0.2, -0.15) is 0 Å². The number of pyridine rings is 1. The first-order valence-corrected chi connectivity index (χ1v) is 10.2. The maximum Gasteiger partial charge on any atom is 0.342 e. The van der Waals surface area contributed by atoms with E-state index in [0.29, 0.717) is 11.5 Å². The molecule has 1 saturated carbocycles. The van der Waals surface area contributed by atoms with Crippen LogP contribution in [0.25, 0.3) is 0 Å². The predicted octanol–water partition coefficient (Wildman–Crippen LogP) is 3.45. The summed E-state index contributed by atoms with van der Waals surface area (Å²) in [5.41, 5.74) is -0.242. The number of hydrogen-bond acceptors (Lipinski definition) is 7. The van der Waals surface area contributed by atoms with Crippen molar-refractivity contribution < 1.29 is 28.8 Å². The molecule has 5 heterocycles. The average Bonchev–Trinajstić information content (AvgIpc) is 2.92. The maximum atomic E-state index is 12.6. The van der Waals surface area contributed by atoms with E-state index < -0.39 is 29.9 Å². The second kappa shape index (κ2) is 6.49. The number of fused-ring (bicyclic) bond motifs is 2. The highest BCUT2D eigenvalue weighted by Gasteiger charge is 2.69. The van der Waals surface area contributed by atoms with Gasteiger partial charge in [0.1, 0.15) is 0 Å². The van der Waals surface area contributed by atoms with E-state index in [4.69, 9.17) is 24.0 Å². The van der Waals surface area contributed by atoms with Crippen LogP contribution in [-0.4, -0.2) is 34.9 Å². The topological polar surface area (TPSA) is 76.1 Å². The molecule has 0 N–H and O–H groups in total. The molecule has 5 aliphatic rings. The monoisotopic (exact) mass is 389 g/mol. The third-order valence-electron chi connectivity index (χ3n) is 7.22. The second-order valence-electron chi connectivity index (χ2n) is 8.92. The molecule has 0 radical (unpaired) electrons. The van der Waals surface area contributed by atoms with Crippen molar-refractivity contribution in [3.63, 3.8) is 0 Å². The van der Waals surface area contributed by atoms with Crippen LogP contribution in [0.1, 0.15) is 56.8 Å². The zero-order chi connectivity index (χ0) is 19.5. The van der Waals surface area contributed by atoms with Crippen molar-refractivity contribution in [2.75, 3.05) is 0 Å². The van der Waals surface area contributed by atoms with Crippen LogP contribution in [0.5, 0.6) is 0 Å². The van der Waals surface area contributed by atoms with Gasteiger partial charge in [-0.1, -0.05) is 13.8 Å². The fourth-order valence-electron chi connectivity index (χ4n) is 5.66. The molecule has 1 aromatic heterocycles. The minimum absolute atomic E-state index is 0.0403. The number of aromatic nitrogens is 1. The number of rotatable bonds is 2. The smallest absolute Gasteiger partial charge is 0.342 e. The van der Waals surface area contributed by atoms with Crippen molar-refractivity contribution in [3.05, 3.63) is 30.1 Å². The van der Waals surface area contributed by atoms with Crippen molar-refractivity contribution in [2.24, 2.45) is 23.7 Å². The van der Waals surface area contributed by atoms with E-state index in [0.717, 1.165) is 25.7 Å². The van der Waals surface area contributed by atoms with E-state index in [9.17, 15) is 4.79 Å². The summed E-state index contributed by atoms with van der Waals surface area (Å²) in [5.74, 6) is -0.405. The Kier molecular flexibility index (Phi) is 4.28. The van der Waals surface area contributed by atoms with Gasteiger partial charge in [-0.05, 0) is 50.2 Å². The van der Waals surface area contributed by atoms with Crippen LogP contribution in [0.3, 0.4) is 0 Å². The van der Waals surface area contributed by atoms with E-state index in [-0.39, 0.29) is 17.8 Å². The molecule has 7 heteroatoms. The number of carbonyl (C=O) groups is 1. The van der Waals surface area contributed by atoms with Gasteiger partial charge in [0.2, 0.25) is 12.1 Å². The van der Waals surface area contributed by atoms with Gasteiger partial charge in [0.25, 0.3) is 0 Å². The van der Waals surface area contributed by atoms with Crippen LogP contribution < -0.4 is 0 Å². The van der Waals surface area contributed by atoms with Crippen LogP contribution >= 0.6 is 0 Å². The molecule has 1 spiro atoms. The molecule has 1 aromatic rings. The molecule has 8 atom stereocenters. The highest BCUT2D eigenvalue weighted by molar-refractivity contribution is 5.89. The molecular formula is C21H27NO6. The third-order valence-corrected chi connectivity index (χ3v) is 7.22. The van der Waals surface area contributed by atoms with Crippen molar-refractivity contribution in [2.45, 2.75) is 70.4 Å². The Morgan fingerprint density at radius 3 is 2.86 bits per heavy atom. The number of carbonyl (C=O) groups excluding carboxylic acids is 1. The number of ether oxygens (including phenoxy) is 3. The summed E-state index contributed by atoms with van der Waals surface area (Å²) < 4.78 is 18.3. The van der Waals surface area contributed by atoms with Gasteiger partial charge in [-0.15, -0.1) is 0 Å². The first-order valence-electron chi connectivity index (χ1n) is 10.2. The summed E-state index contributed by atoms with van der Waals surface area (Å²) >= 11 is 0. The Morgan fingerprint density at radius 1 is 1.21 bits per heavy atom. The molecule has 152 valence electrons. The lowest BCUT2D eigenvalue weighted by molar-refractivity contribution is -0.576. The molecule has 1 aliphatic carbocycles. The van der Waals surface area contributed by atoms with E-state index in [1.54, 1.807) is 18.3 Å². The Balaban J connectivity index is 1.46. The fourth-order valence-corrected chi connectivity index (χ4v) is 5.66. The Bertz CT molecular complexity index is 759. The van der Waals surface area contributed by atoms with E-state index in [2.05, 4.69) is 18.8 Å². The molecule has 3 unspecified atom stereocenters. The van der Waals surface area contributed by atoms with Crippen molar-refractivity contribution in [1.82, 2.24) is 4.98 Å². The molecule has 7 nitrogen and oxygen atoms in total. The average molecular weight is 389 g/mol. The molecule has 4 aliphatic heterocycles. The lowest BCUT2D eigenvalue weighted by Gasteiger charge is -2.59. The molecular weight excluding hydrogens is 362 g/mol.